The number of hydrogen-bond donors (Lipinski definition) is 1. The Labute approximate surface area is 99.6 Å². The van der Waals surface area contributed by atoms with Crippen molar-refractivity contribution in [2.45, 2.75) is 20.8 Å². The van der Waals surface area contributed by atoms with E-state index < -0.39 is 0 Å². The standard InChI is InChI=1S/C13H14N2O2/c1-8-4-5-9(2)12(6-8)14-13(16)11-7-17-15-10(11)3/h4-7H,1-3H3,(H,14,16). The van der Waals surface area contributed by atoms with E-state index in [1.165, 1.54) is 6.26 Å². The van der Waals surface area contributed by atoms with Gasteiger partial charge in [0.1, 0.15) is 11.8 Å². The maximum Gasteiger partial charge on any atom is 0.260 e. The molecule has 1 amide bonds. The zero-order valence-electron chi connectivity index (χ0n) is 10.1. The van der Waals surface area contributed by atoms with Crippen molar-refractivity contribution in [3.63, 3.8) is 0 Å². The van der Waals surface area contributed by atoms with E-state index in [2.05, 4.69) is 10.5 Å². The molecule has 1 aromatic carbocycles. The van der Waals surface area contributed by atoms with Crippen LogP contribution in [0.5, 0.6) is 0 Å². The van der Waals surface area contributed by atoms with Gasteiger partial charge in [0.05, 0.1) is 5.69 Å². The van der Waals surface area contributed by atoms with Crippen LogP contribution >= 0.6 is 0 Å². The number of anilines is 1. The lowest BCUT2D eigenvalue weighted by molar-refractivity contribution is 0.102. The highest BCUT2D eigenvalue weighted by Gasteiger charge is 2.13. The zero-order valence-corrected chi connectivity index (χ0v) is 10.1. The van der Waals surface area contributed by atoms with Crippen LogP contribution < -0.4 is 5.32 Å². The Morgan fingerprint density at radius 2 is 2.06 bits per heavy atom. The molecule has 0 unspecified atom stereocenters. The molecule has 1 N–H and O–H groups in total. The minimum absolute atomic E-state index is 0.197. The quantitative estimate of drug-likeness (QED) is 0.863. The van der Waals surface area contributed by atoms with Crippen molar-refractivity contribution in [3.8, 4) is 0 Å². The van der Waals surface area contributed by atoms with Crippen LogP contribution in [0.4, 0.5) is 5.69 Å². The molecule has 88 valence electrons. The van der Waals surface area contributed by atoms with Crippen molar-refractivity contribution >= 4 is 11.6 Å². The summed E-state index contributed by atoms with van der Waals surface area (Å²) in [5.41, 5.74) is 4.00. The molecule has 0 saturated heterocycles. The number of rotatable bonds is 2. The lowest BCUT2D eigenvalue weighted by atomic mass is 10.1. The topological polar surface area (TPSA) is 55.1 Å². The summed E-state index contributed by atoms with van der Waals surface area (Å²) < 4.78 is 4.75. The summed E-state index contributed by atoms with van der Waals surface area (Å²) in [7, 11) is 0. The molecular weight excluding hydrogens is 216 g/mol. The first-order chi connectivity index (χ1) is 8.08. The summed E-state index contributed by atoms with van der Waals surface area (Å²) in [5, 5.41) is 6.54. The van der Waals surface area contributed by atoms with Crippen LogP contribution in [0.25, 0.3) is 0 Å². The van der Waals surface area contributed by atoms with Gasteiger partial charge >= 0.3 is 0 Å². The van der Waals surface area contributed by atoms with Crippen molar-refractivity contribution < 1.29 is 9.32 Å². The van der Waals surface area contributed by atoms with Gasteiger partial charge in [-0.05, 0) is 38.0 Å². The predicted octanol–water partition coefficient (Wildman–Crippen LogP) is 2.85. The molecule has 0 radical (unpaired) electrons. The largest absolute Gasteiger partial charge is 0.364 e. The maximum absolute atomic E-state index is 11.9. The lowest BCUT2D eigenvalue weighted by Crippen LogP contribution is -2.13. The highest BCUT2D eigenvalue weighted by molar-refractivity contribution is 6.05. The molecule has 0 bridgehead atoms. The highest BCUT2D eigenvalue weighted by atomic mass is 16.5. The molecule has 0 fully saturated rings. The smallest absolute Gasteiger partial charge is 0.260 e. The van der Waals surface area contributed by atoms with E-state index in [1.54, 1.807) is 6.92 Å². The Bertz CT molecular complexity index is 558. The molecule has 2 rings (SSSR count). The van der Waals surface area contributed by atoms with Gasteiger partial charge in [-0.15, -0.1) is 0 Å². The van der Waals surface area contributed by atoms with Gasteiger partial charge < -0.3 is 9.84 Å². The van der Waals surface area contributed by atoms with Gasteiger partial charge in [0, 0.05) is 5.69 Å². The lowest BCUT2D eigenvalue weighted by Gasteiger charge is -2.08. The van der Waals surface area contributed by atoms with Gasteiger partial charge in [-0.3, -0.25) is 4.79 Å². The Hall–Kier alpha value is -2.10. The van der Waals surface area contributed by atoms with Crippen molar-refractivity contribution in [2.75, 3.05) is 5.32 Å². The van der Waals surface area contributed by atoms with E-state index in [0.29, 0.717) is 11.3 Å². The van der Waals surface area contributed by atoms with Gasteiger partial charge in [-0.2, -0.15) is 0 Å². The van der Waals surface area contributed by atoms with E-state index >= 15 is 0 Å². The minimum Gasteiger partial charge on any atom is -0.364 e. The molecule has 0 saturated carbocycles. The van der Waals surface area contributed by atoms with Crippen LogP contribution in [0.15, 0.2) is 29.0 Å². The summed E-state index contributed by atoms with van der Waals surface area (Å²) in [5.74, 6) is -0.197. The highest BCUT2D eigenvalue weighted by Crippen LogP contribution is 2.18. The van der Waals surface area contributed by atoms with Gasteiger partial charge in [0.15, 0.2) is 0 Å². The van der Waals surface area contributed by atoms with E-state index in [0.717, 1.165) is 16.8 Å². The van der Waals surface area contributed by atoms with Crippen molar-refractivity contribution in [2.24, 2.45) is 0 Å². The SMILES string of the molecule is Cc1ccc(C)c(NC(=O)c2conc2C)c1. The Morgan fingerprint density at radius 3 is 2.71 bits per heavy atom. The summed E-state index contributed by atoms with van der Waals surface area (Å²) in [6.07, 6.45) is 1.36. The van der Waals surface area contributed by atoms with Crippen LogP contribution in [0.3, 0.4) is 0 Å². The first kappa shape index (κ1) is 11.4. The number of amides is 1. The average Bonchev–Trinajstić information content (AvgIpc) is 2.70. The molecule has 1 heterocycles. The van der Waals surface area contributed by atoms with Crippen LogP contribution in [0.1, 0.15) is 27.2 Å². The monoisotopic (exact) mass is 230 g/mol. The van der Waals surface area contributed by atoms with Crippen molar-refractivity contribution in [1.82, 2.24) is 5.16 Å². The van der Waals surface area contributed by atoms with E-state index in [-0.39, 0.29) is 5.91 Å². The van der Waals surface area contributed by atoms with Crippen LogP contribution in [0, 0.1) is 20.8 Å². The second-order valence-corrected chi connectivity index (χ2v) is 4.09. The summed E-state index contributed by atoms with van der Waals surface area (Å²) in [4.78, 5) is 11.9. The second-order valence-electron chi connectivity index (χ2n) is 4.09. The van der Waals surface area contributed by atoms with E-state index in [4.69, 9.17) is 4.52 Å². The normalized spacial score (nSPS) is 10.3. The number of aryl methyl sites for hydroxylation is 3. The van der Waals surface area contributed by atoms with Gasteiger partial charge in [0.2, 0.25) is 0 Å². The summed E-state index contributed by atoms with van der Waals surface area (Å²) in [6, 6.07) is 5.93. The third-order valence-electron chi connectivity index (χ3n) is 2.64. The molecule has 0 aliphatic rings. The Balaban J connectivity index is 2.24. The van der Waals surface area contributed by atoms with E-state index in [1.807, 2.05) is 32.0 Å². The number of hydrogen-bond acceptors (Lipinski definition) is 3. The minimum atomic E-state index is -0.197. The first-order valence-electron chi connectivity index (χ1n) is 5.37. The number of carbonyl (C=O) groups excluding carboxylic acids is 1. The fourth-order valence-electron chi connectivity index (χ4n) is 1.57. The number of nitrogens with zero attached hydrogens (tertiary/aromatic N) is 1. The molecule has 0 aliphatic carbocycles. The van der Waals surface area contributed by atoms with Crippen LogP contribution in [-0.2, 0) is 0 Å². The Kier molecular flexibility index (Phi) is 2.95. The average molecular weight is 230 g/mol. The molecule has 4 heteroatoms. The number of benzene rings is 1. The van der Waals surface area contributed by atoms with Crippen molar-refractivity contribution in [1.29, 1.82) is 0 Å². The summed E-state index contributed by atoms with van der Waals surface area (Å²) >= 11 is 0. The fraction of sp³-hybridized carbons (Fsp3) is 0.231. The Morgan fingerprint density at radius 1 is 1.29 bits per heavy atom. The molecule has 0 aliphatic heterocycles. The molecule has 0 spiro atoms. The number of aromatic nitrogens is 1. The predicted molar refractivity (Wildman–Crippen MR) is 65.1 cm³/mol. The fourth-order valence-corrected chi connectivity index (χ4v) is 1.57. The number of nitrogens with one attached hydrogen (secondary N) is 1. The molecule has 1 aromatic heterocycles. The first-order valence-corrected chi connectivity index (χ1v) is 5.37. The summed E-state index contributed by atoms with van der Waals surface area (Å²) in [6.45, 7) is 5.68. The molecule has 4 nitrogen and oxygen atoms in total. The third kappa shape index (κ3) is 2.36. The maximum atomic E-state index is 11.9. The third-order valence-corrected chi connectivity index (χ3v) is 2.64. The molecular formula is C13H14N2O2. The molecule has 2 aromatic rings. The second kappa shape index (κ2) is 4.41. The van der Waals surface area contributed by atoms with Crippen molar-refractivity contribution in [3.05, 3.63) is 46.8 Å². The van der Waals surface area contributed by atoms with Crippen LogP contribution in [0.2, 0.25) is 0 Å². The van der Waals surface area contributed by atoms with Crippen LogP contribution in [-0.4, -0.2) is 11.1 Å². The number of carbonyl (C=O) groups is 1. The zero-order chi connectivity index (χ0) is 12.4. The van der Waals surface area contributed by atoms with E-state index in [9.17, 15) is 4.79 Å². The molecule has 17 heavy (non-hydrogen) atoms. The van der Waals surface area contributed by atoms with Gasteiger partial charge in [-0.1, -0.05) is 17.3 Å². The van der Waals surface area contributed by atoms with Gasteiger partial charge in [-0.25, -0.2) is 0 Å². The molecule has 0 atom stereocenters. The van der Waals surface area contributed by atoms with Gasteiger partial charge in [0.25, 0.3) is 5.91 Å².